The predicted octanol–water partition coefficient (Wildman–Crippen LogP) is 6.53. The van der Waals surface area contributed by atoms with Gasteiger partial charge >= 0.3 is 0 Å². The number of hydrogen-bond acceptors (Lipinski definition) is 8. The smallest absolute Gasteiger partial charge is 0.230 e. The molecule has 4 aromatic rings. The van der Waals surface area contributed by atoms with Crippen LogP contribution >= 0.6 is 11.3 Å². The standard InChI is InChI=1S/C30H35FN6OS/c1-19-18-39-28-26(19)27(32-21-7-4-6-20(16-21)30(2,3)38)34-29(35-28)33-22-8-9-25(24(31)17-22)37-14-10-23(11-15-37)36-12-5-13-36/h4,6-9,16-18,23,38H,5,10-15H2,1-3H3,(H2,32,33,34,35). The van der Waals surface area contributed by atoms with Crippen LogP contribution in [0.15, 0.2) is 47.8 Å². The van der Waals surface area contributed by atoms with E-state index in [2.05, 4.69) is 25.8 Å². The van der Waals surface area contributed by atoms with Crippen LogP contribution < -0.4 is 15.5 Å². The van der Waals surface area contributed by atoms with Crippen molar-refractivity contribution >= 4 is 50.4 Å². The Labute approximate surface area is 232 Å². The van der Waals surface area contributed by atoms with Gasteiger partial charge in [-0.3, -0.25) is 0 Å². The third-order valence-corrected chi connectivity index (χ3v) is 8.86. The van der Waals surface area contributed by atoms with Gasteiger partial charge in [0.2, 0.25) is 5.95 Å². The summed E-state index contributed by atoms with van der Waals surface area (Å²) >= 11 is 1.55. The zero-order valence-corrected chi connectivity index (χ0v) is 23.5. The summed E-state index contributed by atoms with van der Waals surface area (Å²) in [4.78, 5) is 15.0. The molecule has 39 heavy (non-hydrogen) atoms. The Bertz CT molecular complexity index is 1490. The number of aryl methyl sites for hydroxylation is 1. The Kier molecular flexibility index (Phi) is 6.91. The van der Waals surface area contributed by atoms with E-state index in [1.165, 1.54) is 25.6 Å². The molecule has 2 saturated heterocycles. The lowest BCUT2D eigenvalue weighted by Gasteiger charge is -2.43. The van der Waals surface area contributed by atoms with Gasteiger partial charge in [0.25, 0.3) is 0 Å². The molecule has 2 aliphatic rings. The highest BCUT2D eigenvalue weighted by Crippen LogP contribution is 2.34. The number of likely N-dealkylation sites (tertiary alicyclic amines) is 1. The molecule has 3 N–H and O–H groups in total. The normalized spacial score (nSPS) is 16.9. The summed E-state index contributed by atoms with van der Waals surface area (Å²) in [6, 6.07) is 13.6. The molecule has 0 spiro atoms. The minimum atomic E-state index is -0.954. The van der Waals surface area contributed by atoms with Gasteiger partial charge in [0.1, 0.15) is 16.5 Å². The number of benzene rings is 2. The molecule has 0 bridgehead atoms. The van der Waals surface area contributed by atoms with Crippen LogP contribution in [0.2, 0.25) is 0 Å². The van der Waals surface area contributed by atoms with E-state index in [0.717, 1.165) is 53.0 Å². The number of rotatable bonds is 7. The first-order valence-corrected chi connectivity index (χ1v) is 14.5. The van der Waals surface area contributed by atoms with Crippen molar-refractivity contribution in [1.29, 1.82) is 0 Å². The van der Waals surface area contributed by atoms with Gasteiger partial charge in [0.15, 0.2) is 0 Å². The quantitative estimate of drug-likeness (QED) is 0.243. The first kappa shape index (κ1) is 26.0. The van der Waals surface area contributed by atoms with Crippen molar-refractivity contribution in [3.63, 3.8) is 0 Å². The summed E-state index contributed by atoms with van der Waals surface area (Å²) in [6.45, 7) is 9.75. The Morgan fingerprint density at radius 2 is 1.77 bits per heavy atom. The molecule has 2 fully saturated rings. The average molecular weight is 547 g/mol. The van der Waals surface area contributed by atoms with Crippen LogP contribution in [-0.2, 0) is 5.60 Å². The van der Waals surface area contributed by atoms with E-state index >= 15 is 4.39 Å². The topological polar surface area (TPSA) is 76.6 Å². The third kappa shape index (κ3) is 5.44. The van der Waals surface area contributed by atoms with Crippen LogP contribution in [0, 0.1) is 12.7 Å². The SMILES string of the molecule is Cc1csc2nc(Nc3ccc(N4CCC(N5CCC5)CC4)c(F)c3)nc(Nc3cccc(C(C)(C)O)c3)c12. The fourth-order valence-corrected chi connectivity index (χ4v) is 6.41. The van der Waals surface area contributed by atoms with Crippen LogP contribution in [-0.4, -0.2) is 52.2 Å². The lowest BCUT2D eigenvalue weighted by Crippen LogP contribution is -2.50. The number of halogens is 1. The van der Waals surface area contributed by atoms with Gasteiger partial charge in [-0.25, -0.2) is 9.37 Å². The van der Waals surface area contributed by atoms with Crippen LogP contribution in [0.5, 0.6) is 0 Å². The van der Waals surface area contributed by atoms with Gasteiger partial charge in [-0.05, 0) is 100.0 Å². The zero-order chi connectivity index (χ0) is 27.1. The molecule has 204 valence electrons. The number of aliphatic hydroxyl groups is 1. The van der Waals surface area contributed by atoms with Gasteiger partial charge < -0.3 is 25.5 Å². The predicted molar refractivity (Wildman–Crippen MR) is 158 cm³/mol. The van der Waals surface area contributed by atoms with Gasteiger partial charge in [-0.15, -0.1) is 11.3 Å². The second-order valence-corrected chi connectivity index (χ2v) is 12.0. The molecular formula is C30H35FN6OS. The molecule has 2 aromatic carbocycles. The van der Waals surface area contributed by atoms with Gasteiger partial charge in [0, 0.05) is 30.5 Å². The Morgan fingerprint density at radius 1 is 1.00 bits per heavy atom. The maximum Gasteiger partial charge on any atom is 0.230 e. The van der Waals surface area contributed by atoms with Crippen molar-refractivity contribution < 1.29 is 9.50 Å². The van der Waals surface area contributed by atoms with E-state index in [9.17, 15) is 5.11 Å². The lowest BCUT2D eigenvalue weighted by atomic mass is 9.98. The Morgan fingerprint density at radius 3 is 2.46 bits per heavy atom. The lowest BCUT2D eigenvalue weighted by molar-refractivity contribution is 0.0786. The molecule has 0 radical (unpaired) electrons. The van der Waals surface area contributed by atoms with Gasteiger partial charge in [-0.1, -0.05) is 12.1 Å². The number of fused-ring (bicyclic) bond motifs is 1. The molecule has 0 unspecified atom stereocenters. The fourth-order valence-electron chi connectivity index (χ4n) is 5.49. The highest BCUT2D eigenvalue weighted by atomic mass is 32.1. The van der Waals surface area contributed by atoms with Crippen molar-refractivity contribution in [3.8, 4) is 0 Å². The number of nitrogens with zero attached hydrogens (tertiary/aromatic N) is 4. The maximum absolute atomic E-state index is 15.3. The van der Waals surface area contributed by atoms with Crippen molar-refractivity contribution in [1.82, 2.24) is 14.9 Å². The summed E-state index contributed by atoms with van der Waals surface area (Å²) < 4.78 is 15.3. The minimum absolute atomic E-state index is 0.239. The van der Waals surface area contributed by atoms with Gasteiger partial charge in [-0.2, -0.15) is 4.98 Å². The molecule has 7 nitrogen and oxygen atoms in total. The van der Waals surface area contributed by atoms with Crippen molar-refractivity contribution in [2.45, 2.75) is 51.7 Å². The highest BCUT2D eigenvalue weighted by molar-refractivity contribution is 7.17. The first-order valence-electron chi connectivity index (χ1n) is 13.7. The average Bonchev–Trinajstić information content (AvgIpc) is 3.24. The van der Waals surface area contributed by atoms with Crippen molar-refractivity contribution in [2.24, 2.45) is 0 Å². The second-order valence-electron chi connectivity index (χ2n) is 11.2. The summed E-state index contributed by atoms with van der Waals surface area (Å²) in [7, 11) is 0. The zero-order valence-electron chi connectivity index (χ0n) is 22.7. The second kappa shape index (κ2) is 10.4. The Balaban J connectivity index is 1.22. The van der Waals surface area contributed by atoms with E-state index in [1.54, 1.807) is 25.2 Å². The number of aromatic nitrogens is 2. The number of thiophene rings is 1. The molecule has 2 aromatic heterocycles. The molecule has 2 aliphatic heterocycles. The van der Waals surface area contributed by atoms with Gasteiger partial charge in [0.05, 0.1) is 16.7 Å². The van der Waals surface area contributed by atoms with Crippen molar-refractivity contribution in [3.05, 3.63) is 64.8 Å². The largest absolute Gasteiger partial charge is 0.386 e. The Hall–Kier alpha value is -3.27. The molecule has 6 rings (SSSR count). The highest BCUT2D eigenvalue weighted by Gasteiger charge is 2.28. The third-order valence-electron chi connectivity index (χ3n) is 7.87. The molecule has 4 heterocycles. The molecule has 0 amide bonds. The number of nitrogens with one attached hydrogen (secondary N) is 2. The molecular weight excluding hydrogens is 511 g/mol. The van der Waals surface area contributed by atoms with E-state index in [4.69, 9.17) is 9.97 Å². The summed E-state index contributed by atoms with van der Waals surface area (Å²) in [6.07, 6.45) is 3.48. The molecule has 0 aliphatic carbocycles. The van der Waals surface area contributed by atoms with Crippen LogP contribution in [0.25, 0.3) is 10.2 Å². The minimum Gasteiger partial charge on any atom is -0.386 e. The van der Waals surface area contributed by atoms with Crippen molar-refractivity contribution in [2.75, 3.05) is 41.7 Å². The van der Waals surface area contributed by atoms with Crippen LogP contribution in [0.3, 0.4) is 0 Å². The van der Waals surface area contributed by atoms with Crippen LogP contribution in [0.1, 0.15) is 44.2 Å². The number of piperidine rings is 1. The molecule has 0 saturated carbocycles. The summed E-state index contributed by atoms with van der Waals surface area (Å²) in [5, 5.41) is 20.1. The van der Waals surface area contributed by atoms with Crippen LogP contribution in [0.4, 0.5) is 33.2 Å². The summed E-state index contributed by atoms with van der Waals surface area (Å²) in [5.41, 5.74) is 3.01. The first-order chi connectivity index (χ1) is 18.7. The van der Waals surface area contributed by atoms with E-state index in [1.807, 2.05) is 43.3 Å². The summed E-state index contributed by atoms with van der Waals surface area (Å²) in [5.74, 6) is 0.821. The van der Waals surface area contributed by atoms with E-state index < -0.39 is 5.60 Å². The molecule has 0 atom stereocenters. The number of anilines is 5. The van der Waals surface area contributed by atoms with E-state index in [0.29, 0.717) is 29.2 Å². The monoisotopic (exact) mass is 546 g/mol. The molecule has 9 heteroatoms. The van der Waals surface area contributed by atoms with E-state index in [-0.39, 0.29) is 5.82 Å². The fraction of sp³-hybridized carbons (Fsp3) is 0.400. The maximum atomic E-state index is 15.3. The number of hydrogen-bond donors (Lipinski definition) is 3.